The first-order chi connectivity index (χ1) is 6.15. The standard InChI is InChI=1S/C10H9ClN2/c11-8-1-2-9-7(5-8)3-4-10(9,13)6-12/h1-2,5H,3-4,13H2. The van der Waals surface area contributed by atoms with Gasteiger partial charge in [0.05, 0.1) is 6.07 Å². The first kappa shape index (κ1) is 8.55. The van der Waals surface area contributed by atoms with Crippen molar-refractivity contribution in [3.05, 3.63) is 34.3 Å². The van der Waals surface area contributed by atoms with E-state index in [2.05, 4.69) is 6.07 Å². The maximum Gasteiger partial charge on any atom is 0.130 e. The zero-order valence-corrected chi connectivity index (χ0v) is 7.80. The number of rotatable bonds is 0. The summed E-state index contributed by atoms with van der Waals surface area (Å²) in [7, 11) is 0. The Morgan fingerprint density at radius 2 is 2.31 bits per heavy atom. The number of aryl methyl sites for hydroxylation is 1. The number of fused-ring (bicyclic) bond motifs is 1. The first-order valence-electron chi connectivity index (χ1n) is 4.15. The Bertz CT molecular complexity index is 394. The molecule has 0 radical (unpaired) electrons. The van der Waals surface area contributed by atoms with Crippen molar-refractivity contribution in [3.8, 4) is 6.07 Å². The van der Waals surface area contributed by atoms with Gasteiger partial charge >= 0.3 is 0 Å². The van der Waals surface area contributed by atoms with E-state index in [4.69, 9.17) is 22.6 Å². The van der Waals surface area contributed by atoms with E-state index in [0.717, 1.165) is 17.5 Å². The molecular formula is C10H9ClN2. The van der Waals surface area contributed by atoms with Crippen molar-refractivity contribution >= 4 is 11.6 Å². The largest absolute Gasteiger partial charge is 0.310 e. The van der Waals surface area contributed by atoms with Crippen molar-refractivity contribution in [2.24, 2.45) is 5.73 Å². The predicted molar refractivity (Wildman–Crippen MR) is 51.3 cm³/mol. The lowest BCUT2D eigenvalue weighted by Gasteiger charge is -2.14. The van der Waals surface area contributed by atoms with E-state index in [9.17, 15) is 0 Å². The Labute approximate surface area is 81.9 Å². The summed E-state index contributed by atoms with van der Waals surface area (Å²) in [6, 6.07) is 7.68. The third-order valence-electron chi connectivity index (χ3n) is 2.54. The van der Waals surface area contributed by atoms with Crippen LogP contribution >= 0.6 is 11.6 Å². The van der Waals surface area contributed by atoms with Crippen molar-refractivity contribution in [2.45, 2.75) is 18.4 Å². The van der Waals surface area contributed by atoms with Gasteiger partial charge in [0.1, 0.15) is 5.54 Å². The highest BCUT2D eigenvalue weighted by Gasteiger charge is 2.34. The van der Waals surface area contributed by atoms with E-state index in [0.29, 0.717) is 11.4 Å². The van der Waals surface area contributed by atoms with Crippen LogP contribution in [-0.4, -0.2) is 0 Å². The van der Waals surface area contributed by atoms with E-state index in [1.807, 2.05) is 12.1 Å². The minimum atomic E-state index is -0.792. The molecule has 66 valence electrons. The highest BCUT2D eigenvalue weighted by molar-refractivity contribution is 6.30. The molecule has 0 saturated carbocycles. The Kier molecular flexibility index (Phi) is 1.80. The summed E-state index contributed by atoms with van der Waals surface area (Å²) in [5.41, 5.74) is 7.16. The third kappa shape index (κ3) is 1.21. The highest BCUT2D eigenvalue weighted by atomic mass is 35.5. The Balaban J connectivity index is 2.57. The van der Waals surface area contributed by atoms with Crippen molar-refractivity contribution < 1.29 is 0 Å². The molecule has 0 heterocycles. The van der Waals surface area contributed by atoms with Crippen LogP contribution in [0.4, 0.5) is 0 Å². The molecule has 1 aliphatic rings. The maximum atomic E-state index is 8.93. The number of nitrogens with two attached hydrogens (primary N) is 1. The van der Waals surface area contributed by atoms with Gasteiger partial charge in [0.15, 0.2) is 0 Å². The fraction of sp³-hybridized carbons (Fsp3) is 0.300. The smallest absolute Gasteiger partial charge is 0.130 e. The second-order valence-electron chi connectivity index (χ2n) is 3.38. The van der Waals surface area contributed by atoms with E-state index in [1.165, 1.54) is 0 Å². The molecule has 1 atom stereocenters. The van der Waals surface area contributed by atoms with Crippen molar-refractivity contribution in [1.82, 2.24) is 0 Å². The molecule has 0 spiro atoms. The molecule has 3 heteroatoms. The number of hydrogen-bond acceptors (Lipinski definition) is 2. The number of hydrogen-bond donors (Lipinski definition) is 1. The summed E-state index contributed by atoms with van der Waals surface area (Å²) in [5, 5.41) is 9.64. The van der Waals surface area contributed by atoms with Gasteiger partial charge in [-0.2, -0.15) is 5.26 Å². The lowest BCUT2D eigenvalue weighted by Crippen LogP contribution is -2.31. The number of benzene rings is 1. The zero-order chi connectivity index (χ0) is 9.47. The van der Waals surface area contributed by atoms with Gasteiger partial charge in [0.2, 0.25) is 0 Å². The number of nitrogens with zero attached hydrogens (tertiary/aromatic N) is 1. The minimum absolute atomic E-state index is 0.694. The molecule has 1 aliphatic carbocycles. The molecule has 0 bridgehead atoms. The van der Waals surface area contributed by atoms with E-state index in [1.54, 1.807) is 6.07 Å². The Morgan fingerprint density at radius 3 is 3.00 bits per heavy atom. The van der Waals surface area contributed by atoms with Crippen molar-refractivity contribution in [3.63, 3.8) is 0 Å². The van der Waals surface area contributed by atoms with Crippen molar-refractivity contribution in [2.75, 3.05) is 0 Å². The summed E-state index contributed by atoms with van der Waals surface area (Å²) < 4.78 is 0. The third-order valence-corrected chi connectivity index (χ3v) is 2.77. The van der Waals surface area contributed by atoms with Crippen LogP contribution < -0.4 is 5.73 Å². The molecule has 0 aromatic heterocycles. The van der Waals surface area contributed by atoms with E-state index < -0.39 is 5.54 Å². The van der Waals surface area contributed by atoms with Crippen LogP contribution in [0.2, 0.25) is 5.02 Å². The SMILES string of the molecule is N#CC1(N)CCc2cc(Cl)ccc21. The van der Waals surface area contributed by atoms with Crippen LogP contribution in [0.5, 0.6) is 0 Å². The van der Waals surface area contributed by atoms with Gasteiger partial charge in [0.25, 0.3) is 0 Å². The second-order valence-corrected chi connectivity index (χ2v) is 3.82. The molecule has 13 heavy (non-hydrogen) atoms. The molecule has 0 saturated heterocycles. The van der Waals surface area contributed by atoms with Gasteiger partial charge in [0, 0.05) is 5.02 Å². The first-order valence-corrected chi connectivity index (χ1v) is 4.52. The molecule has 0 fully saturated rings. The highest BCUT2D eigenvalue weighted by Crippen LogP contribution is 2.35. The average molecular weight is 193 g/mol. The number of nitriles is 1. The topological polar surface area (TPSA) is 49.8 Å². The van der Waals surface area contributed by atoms with Gasteiger partial charge in [-0.3, -0.25) is 0 Å². The molecule has 2 N–H and O–H groups in total. The lowest BCUT2D eigenvalue weighted by atomic mass is 9.95. The summed E-state index contributed by atoms with van der Waals surface area (Å²) in [6.45, 7) is 0. The number of halogens is 1. The molecule has 0 aliphatic heterocycles. The summed E-state index contributed by atoms with van der Waals surface area (Å²) in [4.78, 5) is 0. The van der Waals surface area contributed by atoms with Crippen molar-refractivity contribution in [1.29, 1.82) is 5.26 Å². The Morgan fingerprint density at radius 1 is 1.54 bits per heavy atom. The van der Waals surface area contributed by atoms with E-state index in [-0.39, 0.29) is 0 Å². The average Bonchev–Trinajstić information content (AvgIpc) is 2.45. The molecule has 2 rings (SSSR count). The van der Waals surface area contributed by atoms with Crippen LogP contribution in [0, 0.1) is 11.3 Å². The predicted octanol–water partition coefficient (Wildman–Crippen LogP) is 1.96. The molecule has 2 nitrogen and oxygen atoms in total. The maximum absolute atomic E-state index is 8.93. The molecule has 0 amide bonds. The van der Waals surface area contributed by atoms with Gasteiger partial charge in [-0.15, -0.1) is 0 Å². The van der Waals surface area contributed by atoms with Crippen LogP contribution in [0.15, 0.2) is 18.2 Å². The normalized spacial score (nSPS) is 25.3. The quantitative estimate of drug-likeness (QED) is 0.683. The molecular weight excluding hydrogens is 184 g/mol. The summed E-state index contributed by atoms with van der Waals surface area (Å²) in [5.74, 6) is 0. The molecule has 1 aromatic rings. The van der Waals surface area contributed by atoms with Crippen LogP contribution in [0.1, 0.15) is 17.5 Å². The fourth-order valence-electron chi connectivity index (χ4n) is 1.79. The second kappa shape index (κ2) is 2.73. The minimum Gasteiger partial charge on any atom is -0.310 e. The van der Waals surface area contributed by atoms with E-state index >= 15 is 0 Å². The monoisotopic (exact) mass is 192 g/mol. The zero-order valence-electron chi connectivity index (χ0n) is 7.05. The van der Waals surface area contributed by atoms with Crippen LogP contribution in [-0.2, 0) is 12.0 Å². The summed E-state index contributed by atoms with van der Waals surface area (Å²) in [6.07, 6.45) is 1.54. The molecule has 1 aromatic carbocycles. The van der Waals surface area contributed by atoms with Gasteiger partial charge < -0.3 is 5.73 Å². The van der Waals surface area contributed by atoms with Gasteiger partial charge in [-0.25, -0.2) is 0 Å². The van der Waals surface area contributed by atoms with Crippen LogP contribution in [0.25, 0.3) is 0 Å². The van der Waals surface area contributed by atoms with Gasteiger partial charge in [-0.05, 0) is 36.1 Å². The fourth-order valence-corrected chi connectivity index (χ4v) is 1.98. The Hall–Kier alpha value is -1.04. The lowest BCUT2D eigenvalue weighted by molar-refractivity contribution is 0.571. The molecule has 1 unspecified atom stereocenters. The summed E-state index contributed by atoms with van der Waals surface area (Å²) >= 11 is 5.84. The van der Waals surface area contributed by atoms with Gasteiger partial charge in [-0.1, -0.05) is 17.7 Å². The van der Waals surface area contributed by atoms with Crippen LogP contribution in [0.3, 0.4) is 0 Å².